The summed E-state index contributed by atoms with van der Waals surface area (Å²) in [6.07, 6.45) is 3.89. The van der Waals surface area contributed by atoms with Gasteiger partial charge in [-0.15, -0.1) is 0 Å². The van der Waals surface area contributed by atoms with Crippen LogP contribution in [0.5, 0.6) is 0 Å². The number of rotatable bonds is 6. The summed E-state index contributed by atoms with van der Waals surface area (Å²) in [6, 6.07) is 0.190. The fraction of sp³-hybridized carbons (Fsp3) is 1.00. The second kappa shape index (κ2) is 6.71. The molecule has 1 aliphatic rings. The second-order valence-electron chi connectivity index (χ2n) is 5.17. The Balaban J connectivity index is 2.55. The quantitative estimate of drug-likeness (QED) is 0.788. The Hall–Kier alpha value is -0.130. The molecule has 0 aliphatic carbocycles. The van der Waals surface area contributed by atoms with Crippen LogP contribution in [0.25, 0.3) is 0 Å². The summed E-state index contributed by atoms with van der Waals surface area (Å²) in [5.41, 5.74) is 0. The maximum absolute atomic E-state index is 12.2. The Kier molecular flexibility index (Phi) is 5.89. The molecule has 1 aliphatic heterocycles. The van der Waals surface area contributed by atoms with Gasteiger partial charge in [0.05, 0.1) is 5.75 Å². The van der Waals surface area contributed by atoms with Crippen molar-refractivity contribution in [1.82, 2.24) is 9.62 Å². The van der Waals surface area contributed by atoms with Gasteiger partial charge in [-0.2, -0.15) is 0 Å². The topological polar surface area (TPSA) is 49.4 Å². The van der Waals surface area contributed by atoms with Crippen LogP contribution in [0.15, 0.2) is 0 Å². The fourth-order valence-electron chi connectivity index (χ4n) is 2.45. The first-order valence-corrected chi connectivity index (χ1v) is 8.24. The highest BCUT2D eigenvalue weighted by molar-refractivity contribution is 7.89. The molecular weight excluding hydrogens is 236 g/mol. The molecule has 5 heteroatoms. The van der Waals surface area contributed by atoms with Crippen LogP contribution < -0.4 is 5.32 Å². The average molecular weight is 262 g/mol. The van der Waals surface area contributed by atoms with Crippen LogP contribution in [0, 0.1) is 5.92 Å². The van der Waals surface area contributed by atoms with E-state index in [0.29, 0.717) is 5.75 Å². The molecule has 1 N–H and O–H groups in total. The second-order valence-corrected chi connectivity index (χ2v) is 7.24. The van der Waals surface area contributed by atoms with Crippen molar-refractivity contribution in [1.29, 1.82) is 0 Å². The molecule has 0 aromatic rings. The zero-order chi connectivity index (χ0) is 12.9. The van der Waals surface area contributed by atoms with Gasteiger partial charge < -0.3 is 5.32 Å². The lowest BCUT2D eigenvalue weighted by molar-refractivity contribution is 0.294. The number of hydrogen-bond donors (Lipinski definition) is 1. The van der Waals surface area contributed by atoms with Crippen LogP contribution in [-0.4, -0.2) is 44.7 Å². The third-order valence-corrected chi connectivity index (χ3v) is 5.70. The lowest BCUT2D eigenvalue weighted by Crippen LogP contribution is -2.45. The molecule has 1 saturated heterocycles. The van der Waals surface area contributed by atoms with E-state index < -0.39 is 10.0 Å². The predicted octanol–water partition coefficient (Wildman–Crippen LogP) is 1.44. The first-order valence-electron chi connectivity index (χ1n) is 6.63. The van der Waals surface area contributed by atoms with Crippen molar-refractivity contribution in [3.05, 3.63) is 0 Å². The van der Waals surface area contributed by atoms with Crippen molar-refractivity contribution in [2.45, 2.75) is 45.6 Å². The number of sulfonamides is 1. The lowest BCUT2D eigenvalue weighted by Gasteiger charge is -2.31. The van der Waals surface area contributed by atoms with Crippen LogP contribution >= 0.6 is 0 Å². The molecule has 102 valence electrons. The van der Waals surface area contributed by atoms with E-state index in [4.69, 9.17) is 0 Å². The van der Waals surface area contributed by atoms with Crippen LogP contribution in [0.2, 0.25) is 0 Å². The summed E-state index contributed by atoms with van der Waals surface area (Å²) in [6.45, 7) is 5.97. The minimum absolute atomic E-state index is 0.190. The standard InChI is InChI=1S/C12H26N2O2S/c1-4-5-11(2)10-17(15,16)14(3)12-6-8-13-9-7-12/h11-13H,4-10H2,1-3H3. The molecule has 0 bridgehead atoms. The van der Waals surface area contributed by atoms with E-state index in [1.807, 2.05) is 6.92 Å². The van der Waals surface area contributed by atoms with Gasteiger partial charge in [0, 0.05) is 13.1 Å². The number of nitrogens with zero attached hydrogens (tertiary/aromatic N) is 1. The fourth-order valence-corrected chi connectivity index (χ4v) is 4.24. The van der Waals surface area contributed by atoms with Gasteiger partial charge in [-0.1, -0.05) is 20.3 Å². The first kappa shape index (κ1) is 14.9. The number of hydrogen-bond acceptors (Lipinski definition) is 3. The Labute approximate surface area is 106 Å². The highest BCUT2D eigenvalue weighted by atomic mass is 32.2. The molecular formula is C12H26N2O2S. The molecule has 1 atom stereocenters. The van der Waals surface area contributed by atoms with Gasteiger partial charge in [-0.05, 0) is 38.3 Å². The van der Waals surface area contributed by atoms with E-state index in [1.165, 1.54) is 0 Å². The largest absolute Gasteiger partial charge is 0.317 e. The monoisotopic (exact) mass is 262 g/mol. The molecule has 0 radical (unpaired) electrons. The third kappa shape index (κ3) is 4.56. The number of piperidine rings is 1. The Bertz CT molecular complexity index is 310. The molecule has 1 fully saturated rings. The van der Waals surface area contributed by atoms with Crippen molar-refractivity contribution in [3.63, 3.8) is 0 Å². The minimum atomic E-state index is -3.08. The van der Waals surface area contributed by atoms with Crippen molar-refractivity contribution in [2.75, 3.05) is 25.9 Å². The molecule has 0 amide bonds. The SMILES string of the molecule is CCCC(C)CS(=O)(=O)N(C)C1CCNCC1. The van der Waals surface area contributed by atoms with E-state index >= 15 is 0 Å². The molecule has 0 spiro atoms. The Morgan fingerprint density at radius 2 is 1.94 bits per heavy atom. The van der Waals surface area contributed by atoms with Gasteiger partial charge in [-0.25, -0.2) is 12.7 Å². The summed E-state index contributed by atoms with van der Waals surface area (Å²) in [4.78, 5) is 0. The van der Waals surface area contributed by atoms with Crippen molar-refractivity contribution in [2.24, 2.45) is 5.92 Å². The molecule has 0 saturated carbocycles. The summed E-state index contributed by atoms with van der Waals surface area (Å²) >= 11 is 0. The normalized spacial score (nSPS) is 20.7. The average Bonchev–Trinajstić information content (AvgIpc) is 2.28. The molecule has 17 heavy (non-hydrogen) atoms. The first-order chi connectivity index (χ1) is 7.97. The summed E-state index contributed by atoms with van der Waals surface area (Å²) in [5, 5.41) is 3.26. The van der Waals surface area contributed by atoms with E-state index in [9.17, 15) is 8.42 Å². The maximum atomic E-state index is 12.2. The van der Waals surface area contributed by atoms with Crippen LogP contribution in [0.1, 0.15) is 39.5 Å². The lowest BCUT2D eigenvalue weighted by atomic mass is 10.1. The van der Waals surface area contributed by atoms with E-state index in [1.54, 1.807) is 11.4 Å². The van der Waals surface area contributed by atoms with Gasteiger partial charge in [0.1, 0.15) is 0 Å². The van der Waals surface area contributed by atoms with Crippen molar-refractivity contribution >= 4 is 10.0 Å². The third-order valence-electron chi connectivity index (χ3n) is 3.54. The highest BCUT2D eigenvalue weighted by Crippen LogP contribution is 2.17. The van der Waals surface area contributed by atoms with E-state index in [-0.39, 0.29) is 12.0 Å². The molecule has 1 unspecified atom stereocenters. The van der Waals surface area contributed by atoms with E-state index in [0.717, 1.165) is 38.8 Å². The summed E-state index contributed by atoms with van der Waals surface area (Å²) in [5.74, 6) is 0.551. The van der Waals surface area contributed by atoms with Gasteiger partial charge in [-0.3, -0.25) is 0 Å². The summed E-state index contributed by atoms with van der Waals surface area (Å²) < 4.78 is 26.1. The van der Waals surface area contributed by atoms with Crippen LogP contribution in [-0.2, 0) is 10.0 Å². The van der Waals surface area contributed by atoms with Crippen LogP contribution in [0.3, 0.4) is 0 Å². The summed E-state index contributed by atoms with van der Waals surface area (Å²) in [7, 11) is -1.34. The Morgan fingerprint density at radius 1 is 1.35 bits per heavy atom. The molecule has 0 aromatic heterocycles. The number of nitrogens with one attached hydrogen (secondary N) is 1. The van der Waals surface area contributed by atoms with Gasteiger partial charge in [0.25, 0.3) is 0 Å². The minimum Gasteiger partial charge on any atom is -0.317 e. The van der Waals surface area contributed by atoms with Crippen molar-refractivity contribution < 1.29 is 8.42 Å². The Morgan fingerprint density at radius 3 is 2.47 bits per heavy atom. The van der Waals surface area contributed by atoms with Gasteiger partial charge in [0.15, 0.2) is 0 Å². The molecule has 1 rings (SSSR count). The van der Waals surface area contributed by atoms with Gasteiger partial charge in [0.2, 0.25) is 10.0 Å². The maximum Gasteiger partial charge on any atom is 0.214 e. The zero-order valence-electron chi connectivity index (χ0n) is 11.3. The highest BCUT2D eigenvalue weighted by Gasteiger charge is 2.28. The molecule has 0 aromatic carbocycles. The smallest absolute Gasteiger partial charge is 0.214 e. The van der Waals surface area contributed by atoms with E-state index in [2.05, 4.69) is 12.2 Å². The predicted molar refractivity (Wildman–Crippen MR) is 71.5 cm³/mol. The molecule has 1 heterocycles. The van der Waals surface area contributed by atoms with Crippen LogP contribution in [0.4, 0.5) is 0 Å². The van der Waals surface area contributed by atoms with Gasteiger partial charge >= 0.3 is 0 Å². The van der Waals surface area contributed by atoms with Crippen molar-refractivity contribution in [3.8, 4) is 0 Å². The zero-order valence-corrected chi connectivity index (χ0v) is 12.1. The molecule has 4 nitrogen and oxygen atoms in total.